The van der Waals surface area contributed by atoms with Crippen molar-refractivity contribution in [3.63, 3.8) is 0 Å². The second-order valence-corrected chi connectivity index (χ2v) is 5.76. The summed E-state index contributed by atoms with van der Waals surface area (Å²) in [6.07, 6.45) is -4.61. The fraction of sp³-hybridized carbons (Fsp3) is 0.250. The average Bonchev–Trinajstić information content (AvgIpc) is 2.53. The minimum absolute atomic E-state index is 0.0932. The van der Waals surface area contributed by atoms with Crippen molar-refractivity contribution in [2.24, 2.45) is 0 Å². The van der Waals surface area contributed by atoms with Crippen LogP contribution in [0, 0.1) is 11.3 Å². The van der Waals surface area contributed by atoms with Crippen molar-refractivity contribution in [1.29, 1.82) is 5.26 Å². The summed E-state index contributed by atoms with van der Waals surface area (Å²) in [5, 5.41) is 9.19. The lowest BCUT2D eigenvalue weighted by molar-refractivity contribution is -0.138. The lowest BCUT2D eigenvalue weighted by atomic mass is 10.1. The first-order valence-electron chi connectivity index (χ1n) is 6.70. The summed E-state index contributed by atoms with van der Waals surface area (Å²) in [5.41, 5.74) is -0.688. The number of alkyl halides is 3. The number of rotatable bonds is 4. The van der Waals surface area contributed by atoms with Crippen LogP contribution in [0.1, 0.15) is 18.1 Å². The Kier molecular flexibility index (Phi) is 5.16. The van der Waals surface area contributed by atoms with Gasteiger partial charge in [-0.15, -0.1) is 11.8 Å². The molecular weight excluding hydrogens is 325 g/mol. The van der Waals surface area contributed by atoms with E-state index in [4.69, 9.17) is 10.00 Å². The van der Waals surface area contributed by atoms with Crippen LogP contribution in [0.25, 0.3) is 11.3 Å². The van der Waals surface area contributed by atoms with Crippen LogP contribution in [0.3, 0.4) is 0 Å². The summed E-state index contributed by atoms with van der Waals surface area (Å²) >= 11 is 1.11. The van der Waals surface area contributed by atoms with Gasteiger partial charge in [0.25, 0.3) is 0 Å². The Bertz CT molecular complexity index is 737. The quantitative estimate of drug-likeness (QED) is 0.754. The third-order valence-corrected chi connectivity index (χ3v) is 3.93. The molecule has 0 aliphatic rings. The lowest BCUT2D eigenvalue weighted by Gasteiger charge is -2.14. The molecule has 0 bridgehead atoms. The summed E-state index contributed by atoms with van der Waals surface area (Å²) in [7, 11) is 1.51. The molecule has 7 heteroatoms. The molecule has 3 nitrogen and oxygen atoms in total. The number of pyridine rings is 1. The summed E-state index contributed by atoms with van der Waals surface area (Å²) in [6.45, 7) is 1.79. The van der Waals surface area contributed by atoms with E-state index in [1.165, 1.54) is 7.11 Å². The van der Waals surface area contributed by atoms with E-state index in [-0.39, 0.29) is 10.7 Å². The molecule has 0 N–H and O–H groups in total. The molecule has 0 atom stereocenters. The first-order valence-corrected chi connectivity index (χ1v) is 7.68. The predicted octanol–water partition coefficient (Wildman–Crippen LogP) is 4.76. The number of hydrogen-bond donors (Lipinski definition) is 0. The van der Waals surface area contributed by atoms with Gasteiger partial charge in [-0.3, -0.25) is 0 Å². The minimum atomic E-state index is -4.61. The first kappa shape index (κ1) is 17.2. The van der Waals surface area contributed by atoms with Gasteiger partial charge in [0, 0.05) is 5.56 Å². The van der Waals surface area contributed by atoms with Crippen molar-refractivity contribution in [1.82, 2.24) is 4.98 Å². The Morgan fingerprint density at radius 2 is 1.91 bits per heavy atom. The molecule has 0 fully saturated rings. The number of nitrogens with zero attached hydrogens (tertiary/aromatic N) is 2. The van der Waals surface area contributed by atoms with E-state index in [9.17, 15) is 13.2 Å². The SMILES string of the molecule is CCSc1nc(-c2ccc(OC)cc2)cc(C(F)(F)F)c1C#N. The molecule has 0 radical (unpaired) electrons. The van der Waals surface area contributed by atoms with Gasteiger partial charge in [-0.1, -0.05) is 6.92 Å². The fourth-order valence-corrected chi connectivity index (χ4v) is 2.74. The molecule has 23 heavy (non-hydrogen) atoms. The molecule has 0 spiro atoms. The summed E-state index contributed by atoms with van der Waals surface area (Å²) < 4.78 is 44.8. The number of nitriles is 1. The molecule has 120 valence electrons. The van der Waals surface area contributed by atoms with Gasteiger partial charge in [-0.2, -0.15) is 18.4 Å². The number of methoxy groups -OCH3 is 1. The van der Waals surface area contributed by atoms with Gasteiger partial charge in [0.1, 0.15) is 16.8 Å². The zero-order valence-electron chi connectivity index (χ0n) is 12.4. The van der Waals surface area contributed by atoms with Gasteiger partial charge < -0.3 is 4.74 Å². The highest BCUT2D eigenvalue weighted by Crippen LogP contribution is 2.38. The van der Waals surface area contributed by atoms with E-state index in [1.54, 1.807) is 37.3 Å². The average molecular weight is 338 g/mol. The van der Waals surface area contributed by atoms with E-state index in [0.717, 1.165) is 17.8 Å². The van der Waals surface area contributed by atoms with E-state index in [2.05, 4.69) is 4.98 Å². The second kappa shape index (κ2) is 6.92. The molecule has 0 aliphatic heterocycles. The van der Waals surface area contributed by atoms with Crippen LogP contribution < -0.4 is 4.74 Å². The Balaban J connectivity index is 2.64. The number of aromatic nitrogens is 1. The molecule has 0 unspecified atom stereocenters. The summed E-state index contributed by atoms with van der Waals surface area (Å²) in [5.74, 6) is 1.12. The highest BCUT2D eigenvalue weighted by atomic mass is 32.2. The Hall–Kier alpha value is -2.20. The molecule has 1 aromatic heterocycles. The van der Waals surface area contributed by atoms with Crippen LogP contribution in [-0.4, -0.2) is 17.8 Å². The smallest absolute Gasteiger partial charge is 0.417 e. The molecule has 1 aromatic carbocycles. The van der Waals surface area contributed by atoms with Gasteiger partial charge in [0.2, 0.25) is 0 Å². The van der Waals surface area contributed by atoms with Gasteiger partial charge in [0.05, 0.1) is 23.9 Å². The molecule has 2 rings (SSSR count). The minimum Gasteiger partial charge on any atom is -0.497 e. The molecule has 0 saturated heterocycles. The highest BCUT2D eigenvalue weighted by Gasteiger charge is 2.36. The fourth-order valence-electron chi connectivity index (χ4n) is 2.00. The zero-order valence-corrected chi connectivity index (χ0v) is 13.3. The number of benzene rings is 1. The Labute approximate surface area is 136 Å². The number of halogens is 3. The van der Waals surface area contributed by atoms with Crippen LogP contribution in [0.15, 0.2) is 35.4 Å². The number of thioether (sulfide) groups is 1. The van der Waals surface area contributed by atoms with E-state index >= 15 is 0 Å². The summed E-state index contributed by atoms with van der Waals surface area (Å²) in [6, 6.07) is 9.11. The molecule has 0 amide bonds. The van der Waals surface area contributed by atoms with Crippen LogP contribution in [0.2, 0.25) is 0 Å². The maximum absolute atomic E-state index is 13.3. The van der Waals surface area contributed by atoms with E-state index in [0.29, 0.717) is 17.1 Å². The van der Waals surface area contributed by atoms with E-state index < -0.39 is 17.3 Å². The van der Waals surface area contributed by atoms with Crippen LogP contribution in [0.4, 0.5) is 13.2 Å². The molecule has 1 heterocycles. The van der Waals surface area contributed by atoms with Crippen molar-refractivity contribution in [2.75, 3.05) is 12.9 Å². The monoisotopic (exact) mass is 338 g/mol. The number of ether oxygens (including phenoxy) is 1. The second-order valence-electron chi connectivity index (χ2n) is 4.51. The molecule has 2 aromatic rings. The van der Waals surface area contributed by atoms with Crippen molar-refractivity contribution in [3.8, 4) is 23.1 Å². The molecule has 0 saturated carbocycles. The van der Waals surface area contributed by atoms with Crippen molar-refractivity contribution in [2.45, 2.75) is 18.1 Å². The van der Waals surface area contributed by atoms with Gasteiger partial charge in [-0.05, 0) is 36.1 Å². The maximum Gasteiger partial charge on any atom is 0.417 e. The van der Waals surface area contributed by atoms with Crippen molar-refractivity contribution >= 4 is 11.8 Å². The van der Waals surface area contributed by atoms with Crippen molar-refractivity contribution in [3.05, 3.63) is 41.5 Å². The normalized spacial score (nSPS) is 11.1. The summed E-state index contributed by atoms with van der Waals surface area (Å²) in [4.78, 5) is 4.23. The Morgan fingerprint density at radius 1 is 1.26 bits per heavy atom. The van der Waals surface area contributed by atoms with Gasteiger partial charge in [0.15, 0.2) is 0 Å². The molecule has 0 aliphatic carbocycles. The third kappa shape index (κ3) is 3.77. The number of hydrogen-bond acceptors (Lipinski definition) is 4. The topological polar surface area (TPSA) is 45.9 Å². The first-order chi connectivity index (χ1) is 10.9. The van der Waals surface area contributed by atoms with Gasteiger partial charge >= 0.3 is 6.18 Å². The zero-order chi connectivity index (χ0) is 17.0. The maximum atomic E-state index is 13.3. The predicted molar refractivity (Wildman–Crippen MR) is 82.3 cm³/mol. The lowest BCUT2D eigenvalue weighted by Crippen LogP contribution is -2.10. The standard InChI is InChI=1S/C16H13F3N2OS/c1-3-23-15-12(9-20)13(16(17,18)19)8-14(21-15)10-4-6-11(22-2)7-5-10/h4-8H,3H2,1-2H3. The van der Waals surface area contributed by atoms with Crippen molar-refractivity contribution < 1.29 is 17.9 Å². The molecular formula is C16H13F3N2OS. The van der Waals surface area contributed by atoms with Crippen LogP contribution in [-0.2, 0) is 6.18 Å². The Morgan fingerprint density at radius 3 is 2.39 bits per heavy atom. The van der Waals surface area contributed by atoms with Crippen LogP contribution >= 0.6 is 11.8 Å². The third-order valence-electron chi connectivity index (χ3n) is 3.07. The largest absolute Gasteiger partial charge is 0.497 e. The van der Waals surface area contributed by atoms with Gasteiger partial charge in [-0.25, -0.2) is 4.98 Å². The van der Waals surface area contributed by atoms with E-state index in [1.807, 2.05) is 0 Å². The highest BCUT2D eigenvalue weighted by molar-refractivity contribution is 7.99. The van der Waals surface area contributed by atoms with Crippen LogP contribution in [0.5, 0.6) is 5.75 Å².